The van der Waals surface area contributed by atoms with Gasteiger partial charge < -0.3 is 4.74 Å². The first-order chi connectivity index (χ1) is 6.65. The average Bonchev–Trinajstić information content (AvgIpc) is 2.16. The molecule has 0 saturated carbocycles. The minimum absolute atomic E-state index is 0.128. The van der Waals surface area contributed by atoms with E-state index in [4.69, 9.17) is 16.3 Å². The zero-order valence-corrected chi connectivity index (χ0v) is 9.49. The lowest BCUT2D eigenvalue weighted by molar-refractivity contribution is 0.262. The van der Waals surface area contributed by atoms with E-state index in [0.717, 1.165) is 0 Å². The molecule has 0 aliphatic heterocycles. The van der Waals surface area contributed by atoms with E-state index >= 15 is 0 Å². The van der Waals surface area contributed by atoms with Gasteiger partial charge >= 0.3 is 0 Å². The molecule has 0 heterocycles. The molecule has 0 radical (unpaired) electrons. The predicted molar refractivity (Wildman–Crippen MR) is 59.9 cm³/mol. The number of hydrogen-bond acceptors (Lipinski definition) is 2. The summed E-state index contributed by atoms with van der Waals surface area (Å²) in [5, 5.41) is 0.302. The fourth-order valence-electron chi connectivity index (χ4n) is 0.899. The van der Waals surface area contributed by atoms with E-state index in [0.29, 0.717) is 17.4 Å². The van der Waals surface area contributed by atoms with Gasteiger partial charge in [0.1, 0.15) is 0 Å². The Morgan fingerprint density at radius 1 is 1.57 bits per heavy atom. The van der Waals surface area contributed by atoms with Crippen LogP contribution in [-0.4, -0.2) is 12.4 Å². The van der Waals surface area contributed by atoms with Crippen molar-refractivity contribution in [1.82, 2.24) is 0 Å². The van der Waals surface area contributed by atoms with Crippen LogP contribution in [-0.2, 0) is 0 Å². The minimum atomic E-state index is -0.427. The van der Waals surface area contributed by atoms with Crippen molar-refractivity contribution in [2.75, 3.05) is 12.4 Å². The summed E-state index contributed by atoms with van der Waals surface area (Å²) in [6.07, 6.45) is 0. The Kier molecular flexibility index (Phi) is 4.55. The highest BCUT2D eigenvalue weighted by Crippen LogP contribution is 2.27. The first-order valence-corrected chi connectivity index (χ1v) is 5.34. The van der Waals surface area contributed by atoms with Crippen LogP contribution >= 0.6 is 24.2 Å². The molecule has 1 aromatic carbocycles. The molecule has 1 unspecified atom stereocenters. The molecule has 0 aliphatic carbocycles. The largest absolute Gasteiger partial charge is 0.489 e. The van der Waals surface area contributed by atoms with Gasteiger partial charge in [0.15, 0.2) is 11.6 Å². The van der Waals surface area contributed by atoms with Crippen molar-refractivity contribution in [3.8, 4) is 5.75 Å². The molecule has 0 saturated heterocycles. The van der Waals surface area contributed by atoms with Gasteiger partial charge in [-0.1, -0.05) is 24.6 Å². The number of hydrogen-bond donors (Lipinski definition) is 1. The molecule has 0 aromatic heterocycles. The van der Waals surface area contributed by atoms with E-state index in [1.165, 1.54) is 6.07 Å². The van der Waals surface area contributed by atoms with Gasteiger partial charge in [-0.25, -0.2) is 4.39 Å². The number of ether oxygens (including phenoxy) is 1. The van der Waals surface area contributed by atoms with Crippen molar-refractivity contribution in [3.63, 3.8) is 0 Å². The maximum atomic E-state index is 13.2. The van der Waals surface area contributed by atoms with Gasteiger partial charge in [-0.3, -0.25) is 0 Å². The molecule has 0 bridgehead atoms. The molecule has 14 heavy (non-hydrogen) atoms. The Bertz CT molecular complexity index is 286. The second-order valence-electron chi connectivity index (χ2n) is 3.15. The van der Waals surface area contributed by atoms with Crippen LogP contribution in [0.4, 0.5) is 4.39 Å². The highest BCUT2D eigenvalue weighted by molar-refractivity contribution is 7.80. The Balaban J connectivity index is 2.66. The average molecular weight is 235 g/mol. The Hall–Kier alpha value is -0.410. The smallest absolute Gasteiger partial charge is 0.173 e. The molecule has 1 aromatic rings. The highest BCUT2D eigenvalue weighted by atomic mass is 35.5. The summed E-state index contributed by atoms with van der Waals surface area (Å²) in [5.74, 6) is 0.673. The fraction of sp³-hybridized carbons (Fsp3) is 0.400. The molecule has 4 heteroatoms. The van der Waals surface area contributed by atoms with Gasteiger partial charge in [-0.05, 0) is 23.8 Å². The first-order valence-electron chi connectivity index (χ1n) is 4.32. The van der Waals surface area contributed by atoms with E-state index in [1.807, 2.05) is 6.92 Å². The molecule has 78 valence electrons. The quantitative estimate of drug-likeness (QED) is 0.786. The van der Waals surface area contributed by atoms with Gasteiger partial charge in [0, 0.05) is 0 Å². The third-order valence-electron chi connectivity index (χ3n) is 1.74. The number of rotatable bonds is 4. The van der Waals surface area contributed by atoms with E-state index < -0.39 is 5.82 Å². The first kappa shape index (κ1) is 11.7. The zero-order chi connectivity index (χ0) is 10.6. The van der Waals surface area contributed by atoms with Crippen LogP contribution < -0.4 is 4.74 Å². The van der Waals surface area contributed by atoms with Gasteiger partial charge in [-0.2, -0.15) is 12.6 Å². The van der Waals surface area contributed by atoms with Gasteiger partial charge in [0.05, 0.1) is 11.6 Å². The molecule has 0 aliphatic rings. The van der Waals surface area contributed by atoms with E-state index in [-0.39, 0.29) is 11.7 Å². The fourth-order valence-corrected chi connectivity index (χ4v) is 1.22. The summed E-state index contributed by atoms with van der Waals surface area (Å²) < 4.78 is 18.4. The number of benzene rings is 1. The Morgan fingerprint density at radius 2 is 2.29 bits per heavy atom. The monoisotopic (exact) mass is 234 g/mol. The standard InChI is InChI=1S/C10H12ClFOS/c1-7(6-14)5-13-10-8(11)3-2-4-9(10)12/h2-4,7,14H,5-6H2,1H3. The van der Waals surface area contributed by atoms with Crippen LogP contribution in [0.5, 0.6) is 5.75 Å². The molecular formula is C10H12ClFOS. The van der Waals surface area contributed by atoms with Crippen molar-refractivity contribution in [2.45, 2.75) is 6.92 Å². The predicted octanol–water partition coefficient (Wildman–Crippen LogP) is 3.42. The van der Waals surface area contributed by atoms with Gasteiger partial charge in [-0.15, -0.1) is 0 Å². The maximum Gasteiger partial charge on any atom is 0.173 e. The molecule has 0 fully saturated rings. The van der Waals surface area contributed by atoms with Crippen LogP contribution in [0, 0.1) is 11.7 Å². The molecular weight excluding hydrogens is 223 g/mol. The van der Waals surface area contributed by atoms with Crippen LogP contribution in [0.25, 0.3) is 0 Å². The van der Waals surface area contributed by atoms with E-state index in [2.05, 4.69) is 12.6 Å². The summed E-state index contributed by atoms with van der Waals surface area (Å²) in [6.45, 7) is 2.39. The van der Waals surface area contributed by atoms with Crippen molar-refractivity contribution >= 4 is 24.2 Å². The normalized spacial score (nSPS) is 12.6. The molecule has 0 spiro atoms. The summed E-state index contributed by atoms with van der Waals surface area (Å²) in [5.41, 5.74) is 0. The summed E-state index contributed by atoms with van der Waals surface area (Å²) in [6, 6.07) is 4.48. The molecule has 1 rings (SSSR count). The second kappa shape index (κ2) is 5.47. The van der Waals surface area contributed by atoms with Crippen molar-refractivity contribution in [1.29, 1.82) is 0 Å². The van der Waals surface area contributed by atoms with Gasteiger partial charge in [0.25, 0.3) is 0 Å². The van der Waals surface area contributed by atoms with Crippen LogP contribution in [0.15, 0.2) is 18.2 Å². The number of para-hydroxylation sites is 1. The molecule has 0 N–H and O–H groups in total. The second-order valence-corrected chi connectivity index (χ2v) is 3.92. The highest BCUT2D eigenvalue weighted by Gasteiger charge is 2.09. The number of halogens is 2. The van der Waals surface area contributed by atoms with Gasteiger partial charge in [0.2, 0.25) is 0 Å². The SMILES string of the molecule is CC(CS)COc1c(F)cccc1Cl. The third kappa shape index (κ3) is 3.07. The summed E-state index contributed by atoms with van der Waals surface area (Å²) in [7, 11) is 0. The zero-order valence-electron chi connectivity index (χ0n) is 7.84. The molecule has 0 amide bonds. The van der Waals surface area contributed by atoms with Crippen molar-refractivity contribution in [2.24, 2.45) is 5.92 Å². The molecule has 1 nitrogen and oxygen atoms in total. The van der Waals surface area contributed by atoms with Crippen molar-refractivity contribution in [3.05, 3.63) is 29.0 Å². The maximum absolute atomic E-state index is 13.2. The lowest BCUT2D eigenvalue weighted by atomic mass is 10.2. The Labute approximate surface area is 93.6 Å². The third-order valence-corrected chi connectivity index (χ3v) is 2.66. The van der Waals surface area contributed by atoms with Crippen molar-refractivity contribution < 1.29 is 9.13 Å². The summed E-state index contributed by atoms with van der Waals surface area (Å²) in [4.78, 5) is 0. The van der Waals surface area contributed by atoms with E-state index in [1.54, 1.807) is 12.1 Å². The lowest BCUT2D eigenvalue weighted by Gasteiger charge is -2.12. The number of thiol groups is 1. The van der Waals surface area contributed by atoms with Crippen LogP contribution in [0.2, 0.25) is 5.02 Å². The Morgan fingerprint density at radius 3 is 2.86 bits per heavy atom. The minimum Gasteiger partial charge on any atom is -0.489 e. The lowest BCUT2D eigenvalue weighted by Crippen LogP contribution is -2.10. The summed E-state index contributed by atoms with van der Waals surface area (Å²) >= 11 is 9.88. The van der Waals surface area contributed by atoms with Crippen LogP contribution in [0.3, 0.4) is 0 Å². The van der Waals surface area contributed by atoms with Crippen LogP contribution in [0.1, 0.15) is 6.92 Å². The topological polar surface area (TPSA) is 9.23 Å². The van der Waals surface area contributed by atoms with E-state index in [9.17, 15) is 4.39 Å². The molecule has 1 atom stereocenters.